The highest BCUT2D eigenvalue weighted by atomic mass is 35.5. The van der Waals surface area contributed by atoms with E-state index in [2.05, 4.69) is 15.6 Å². The van der Waals surface area contributed by atoms with Crippen LogP contribution in [0, 0.1) is 6.92 Å². The van der Waals surface area contributed by atoms with Crippen LogP contribution in [0.2, 0.25) is 5.02 Å². The molecular formula is C18H16ClN3O2. The molecule has 24 heavy (non-hydrogen) atoms. The standard InChI is InChI=1S/C18H16ClN3O2/c1-11-7-13-8-12(5-6-16(13)22-17(11)23)10-20-18(24)21-15-4-2-3-14(19)9-15/h2-9H,10H2,1H3,(H,22,23)(H2,20,21,24). The first-order valence-corrected chi connectivity index (χ1v) is 7.82. The van der Waals surface area contributed by atoms with Crippen molar-refractivity contribution >= 4 is 34.2 Å². The highest BCUT2D eigenvalue weighted by Gasteiger charge is 2.04. The van der Waals surface area contributed by atoms with Gasteiger partial charge in [-0.15, -0.1) is 0 Å². The van der Waals surface area contributed by atoms with Gasteiger partial charge in [0.15, 0.2) is 0 Å². The van der Waals surface area contributed by atoms with Crippen LogP contribution in [0.15, 0.2) is 53.3 Å². The number of pyridine rings is 1. The summed E-state index contributed by atoms with van der Waals surface area (Å²) in [6, 6.07) is 14.1. The Hall–Kier alpha value is -2.79. The molecule has 5 nitrogen and oxygen atoms in total. The molecule has 0 bridgehead atoms. The molecule has 2 aromatic carbocycles. The summed E-state index contributed by atoms with van der Waals surface area (Å²) in [5.41, 5.74) is 2.92. The molecule has 1 aromatic heterocycles. The zero-order chi connectivity index (χ0) is 17.1. The minimum Gasteiger partial charge on any atom is -0.334 e. The van der Waals surface area contributed by atoms with E-state index in [4.69, 9.17) is 11.6 Å². The van der Waals surface area contributed by atoms with E-state index in [-0.39, 0.29) is 11.6 Å². The predicted molar refractivity (Wildman–Crippen MR) is 96.6 cm³/mol. The molecular weight excluding hydrogens is 326 g/mol. The lowest BCUT2D eigenvalue weighted by Crippen LogP contribution is -2.28. The number of anilines is 1. The molecule has 0 aliphatic carbocycles. The summed E-state index contributed by atoms with van der Waals surface area (Å²) in [5.74, 6) is 0. The lowest BCUT2D eigenvalue weighted by atomic mass is 10.1. The fourth-order valence-electron chi connectivity index (χ4n) is 2.40. The van der Waals surface area contributed by atoms with Gasteiger partial charge in [-0.3, -0.25) is 4.79 Å². The van der Waals surface area contributed by atoms with Crippen molar-refractivity contribution in [3.8, 4) is 0 Å². The highest BCUT2D eigenvalue weighted by molar-refractivity contribution is 6.30. The maximum Gasteiger partial charge on any atom is 0.319 e. The molecule has 0 spiro atoms. The van der Waals surface area contributed by atoms with Crippen molar-refractivity contribution in [3.05, 3.63) is 75.0 Å². The molecule has 3 N–H and O–H groups in total. The van der Waals surface area contributed by atoms with Crippen LogP contribution in [0.1, 0.15) is 11.1 Å². The molecule has 0 saturated carbocycles. The Morgan fingerprint density at radius 1 is 1.17 bits per heavy atom. The summed E-state index contributed by atoms with van der Waals surface area (Å²) in [7, 11) is 0. The first kappa shape index (κ1) is 16.1. The number of amides is 2. The van der Waals surface area contributed by atoms with Gasteiger partial charge in [0.05, 0.1) is 0 Å². The molecule has 0 saturated heterocycles. The fourth-order valence-corrected chi connectivity index (χ4v) is 2.59. The molecule has 0 aliphatic heterocycles. The first-order chi connectivity index (χ1) is 11.5. The summed E-state index contributed by atoms with van der Waals surface area (Å²) in [6.07, 6.45) is 0. The Bertz CT molecular complexity index is 966. The second-order valence-electron chi connectivity index (χ2n) is 5.52. The second-order valence-corrected chi connectivity index (χ2v) is 5.96. The van der Waals surface area contributed by atoms with Crippen molar-refractivity contribution in [2.75, 3.05) is 5.32 Å². The van der Waals surface area contributed by atoms with Gasteiger partial charge in [-0.05, 0) is 54.3 Å². The minimum absolute atomic E-state index is 0.0886. The van der Waals surface area contributed by atoms with Gasteiger partial charge in [-0.2, -0.15) is 0 Å². The third-order valence-corrected chi connectivity index (χ3v) is 3.86. The van der Waals surface area contributed by atoms with Crippen LogP contribution in [0.5, 0.6) is 0 Å². The van der Waals surface area contributed by atoms with Gasteiger partial charge in [0.2, 0.25) is 0 Å². The molecule has 0 radical (unpaired) electrons. The summed E-state index contributed by atoms with van der Waals surface area (Å²) >= 11 is 5.88. The molecule has 3 aromatic rings. The van der Waals surface area contributed by atoms with Crippen LogP contribution in [0.3, 0.4) is 0 Å². The predicted octanol–water partition coefficient (Wildman–Crippen LogP) is 3.81. The topological polar surface area (TPSA) is 74.0 Å². The largest absolute Gasteiger partial charge is 0.334 e. The van der Waals surface area contributed by atoms with Gasteiger partial charge in [0.1, 0.15) is 0 Å². The minimum atomic E-state index is -0.310. The zero-order valence-electron chi connectivity index (χ0n) is 13.0. The number of benzene rings is 2. The van der Waals surface area contributed by atoms with E-state index >= 15 is 0 Å². The Balaban J connectivity index is 1.67. The van der Waals surface area contributed by atoms with Crippen LogP contribution >= 0.6 is 11.6 Å². The molecule has 0 aliphatic rings. The van der Waals surface area contributed by atoms with E-state index in [1.807, 2.05) is 24.3 Å². The molecule has 3 rings (SSSR count). The number of nitrogens with one attached hydrogen (secondary N) is 3. The number of carbonyl (C=O) groups excluding carboxylic acids is 1. The van der Waals surface area contributed by atoms with Gasteiger partial charge >= 0.3 is 6.03 Å². The van der Waals surface area contributed by atoms with Crippen molar-refractivity contribution in [1.29, 1.82) is 0 Å². The SMILES string of the molecule is Cc1cc2cc(CNC(=O)Nc3cccc(Cl)c3)ccc2[nH]c1=O. The smallest absolute Gasteiger partial charge is 0.319 e. The van der Waals surface area contributed by atoms with Crippen molar-refractivity contribution < 1.29 is 4.79 Å². The maximum atomic E-state index is 11.9. The van der Waals surface area contributed by atoms with Crippen LogP contribution in [-0.2, 0) is 6.54 Å². The Morgan fingerprint density at radius 2 is 2.00 bits per heavy atom. The molecule has 122 valence electrons. The quantitative estimate of drug-likeness (QED) is 0.677. The van der Waals surface area contributed by atoms with Crippen molar-refractivity contribution in [2.24, 2.45) is 0 Å². The van der Waals surface area contributed by atoms with Crippen LogP contribution < -0.4 is 16.2 Å². The number of fused-ring (bicyclic) bond motifs is 1. The van der Waals surface area contributed by atoms with E-state index < -0.39 is 0 Å². The molecule has 2 amide bonds. The summed E-state index contributed by atoms with van der Waals surface area (Å²) < 4.78 is 0. The van der Waals surface area contributed by atoms with Crippen LogP contribution in [0.4, 0.5) is 10.5 Å². The molecule has 1 heterocycles. The number of aromatic nitrogens is 1. The number of rotatable bonds is 3. The van der Waals surface area contributed by atoms with Crippen molar-refractivity contribution in [1.82, 2.24) is 10.3 Å². The lowest BCUT2D eigenvalue weighted by Gasteiger charge is -2.09. The summed E-state index contributed by atoms with van der Waals surface area (Å²) in [6.45, 7) is 2.14. The average Bonchev–Trinajstić information content (AvgIpc) is 2.54. The van der Waals surface area contributed by atoms with E-state index in [0.29, 0.717) is 22.8 Å². The number of hydrogen-bond acceptors (Lipinski definition) is 2. The lowest BCUT2D eigenvalue weighted by molar-refractivity contribution is 0.251. The van der Waals surface area contributed by atoms with Gasteiger partial charge in [0.25, 0.3) is 5.56 Å². The number of urea groups is 1. The molecule has 0 unspecified atom stereocenters. The summed E-state index contributed by atoms with van der Waals surface area (Å²) in [4.78, 5) is 26.4. The zero-order valence-corrected chi connectivity index (χ0v) is 13.8. The van der Waals surface area contributed by atoms with Crippen LogP contribution in [0.25, 0.3) is 10.9 Å². The number of aromatic amines is 1. The number of H-pyrrole nitrogens is 1. The summed E-state index contributed by atoms with van der Waals surface area (Å²) in [5, 5.41) is 7.01. The third kappa shape index (κ3) is 3.75. The Labute approximate surface area is 143 Å². The van der Waals surface area contributed by atoms with Gasteiger partial charge in [-0.1, -0.05) is 23.7 Å². The first-order valence-electron chi connectivity index (χ1n) is 7.44. The number of aryl methyl sites for hydroxylation is 1. The fraction of sp³-hybridized carbons (Fsp3) is 0.111. The number of carbonyl (C=O) groups is 1. The van der Waals surface area contributed by atoms with E-state index in [9.17, 15) is 9.59 Å². The number of halogens is 1. The van der Waals surface area contributed by atoms with E-state index in [0.717, 1.165) is 16.5 Å². The maximum absolute atomic E-state index is 11.9. The third-order valence-electron chi connectivity index (χ3n) is 3.63. The van der Waals surface area contributed by atoms with E-state index in [1.165, 1.54) is 0 Å². The van der Waals surface area contributed by atoms with Gasteiger partial charge in [-0.25, -0.2) is 4.79 Å². The normalized spacial score (nSPS) is 10.6. The molecule has 6 heteroatoms. The Kier molecular flexibility index (Phi) is 4.53. The average molecular weight is 342 g/mol. The highest BCUT2D eigenvalue weighted by Crippen LogP contribution is 2.15. The van der Waals surface area contributed by atoms with Gasteiger partial charge in [0, 0.05) is 28.3 Å². The monoisotopic (exact) mass is 341 g/mol. The van der Waals surface area contributed by atoms with E-state index in [1.54, 1.807) is 31.2 Å². The molecule has 0 fully saturated rings. The van der Waals surface area contributed by atoms with Crippen molar-refractivity contribution in [3.63, 3.8) is 0 Å². The number of hydrogen-bond donors (Lipinski definition) is 3. The molecule has 0 atom stereocenters. The van der Waals surface area contributed by atoms with Gasteiger partial charge < -0.3 is 15.6 Å². The van der Waals surface area contributed by atoms with Crippen LogP contribution in [-0.4, -0.2) is 11.0 Å². The second kappa shape index (κ2) is 6.76. The van der Waals surface area contributed by atoms with Crippen molar-refractivity contribution in [2.45, 2.75) is 13.5 Å². The Morgan fingerprint density at radius 3 is 2.79 bits per heavy atom.